The smallest absolute Gasteiger partial charge is 0.327 e. The summed E-state index contributed by atoms with van der Waals surface area (Å²) in [7, 11) is 0. The molecule has 0 fully saturated rings. The van der Waals surface area contributed by atoms with E-state index in [1.165, 1.54) is 12.3 Å². The molecule has 0 aliphatic heterocycles. The second-order valence-electron chi connectivity index (χ2n) is 6.48. The number of hydrogen-bond acceptors (Lipinski definition) is 2. The minimum Gasteiger partial charge on any atom is -0.327 e. The van der Waals surface area contributed by atoms with Crippen molar-refractivity contribution in [3.8, 4) is 11.4 Å². The summed E-state index contributed by atoms with van der Waals surface area (Å²) in [6.07, 6.45) is -1.43. The van der Waals surface area contributed by atoms with Crippen LogP contribution in [-0.2, 0) is 19.3 Å². The molecule has 0 saturated heterocycles. The van der Waals surface area contributed by atoms with E-state index in [1.54, 1.807) is 15.3 Å². The number of halogens is 5. The van der Waals surface area contributed by atoms with Crippen LogP contribution in [0.5, 0.6) is 0 Å². The summed E-state index contributed by atoms with van der Waals surface area (Å²) in [5, 5.41) is 0. The molecule has 0 bridgehead atoms. The molecule has 0 radical (unpaired) electrons. The second kappa shape index (κ2) is 6.98. The first-order valence-corrected chi connectivity index (χ1v) is 8.81. The van der Waals surface area contributed by atoms with E-state index >= 15 is 0 Å². The Morgan fingerprint density at radius 1 is 1.03 bits per heavy atom. The van der Waals surface area contributed by atoms with Gasteiger partial charge in [0.15, 0.2) is 0 Å². The zero-order valence-corrected chi connectivity index (χ0v) is 15.2. The molecule has 0 atom stereocenters. The van der Waals surface area contributed by atoms with Gasteiger partial charge < -0.3 is 9.13 Å². The molecule has 0 unspecified atom stereocenters. The van der Waals surface area contributed by atoms with Gasteiger partial charge in [-0.15, -0.1) is 0 Å². The molecule has 4 aromatic rings. The normalized spacial score (nSPS) is 12.1. The minimum atomic E-state index is -4.46. The summed E-state index contributed by atoms with van der Waals surface area (Å²) in [6, 6.07) is 6.49. The summed E-state index contributed by atoms with van der Waals surface area (Å²) in [5.41, 5.74) is 0.000324. The standard InChI is InChI=1S/C20H15F5N4/c1-2-29-17-6-3-12(20(23,24)25)9-16(17)27-18(29)11-28-8-7-26-19(28)14-10-13(21)4-5-15(14)22/h3-10H,2,11H2,1H3. The molecule has 29 heavy (non-hydrogen) atoms. The van der Waals surface area contributed by atoms with Gasteiger partial charge in [-0.1, -0.05) is 0 Å². The van der Waals surface area contributed by atoms with Crippen molar-refractivity contribution in [3.05, 3.63) is 71.8 Å². The average Bonchev–Trinajstić information content (AvgIpc) is 3.26. The molecule has 150 valence electrons. The number of fused-ring (bicyclic) bond motifs is 1. The van der Waals surface area contributed by atoms with Crippen molar-refractivity contribution in [1.82, 2.24) is 19.1 Å². The fourth-order valence-electron chi connectivity index (χ4n) is 3.33. The topological polar surface area (TPSA) is 35.6 Å². The molecule has 4 nitrogen and oxygen atoms in total. The Bertz CT molecular complexity index is 1190. The third-order valence-electron chi connectivity index (χ3n) is 4.67. The van der Waals surface area contributed by atoms with Crippen molar-refractivity contribution in [1.29, 1.82) is 0 Å². The molecular weight excluding hydrogens is 391 g/mol. The Morgan fingerprint density at radius 2 is 1.83 bits per heavy atom. The van der Waals surface area contributed by atoms with E-state index in [9.17, 15) is 22.0 Å². The van der Waals surface area contributed by atoms with Crippen LogP contribution in [0.3, 0.4) is 0 Å². The molecule has 2 aromatic heterocycles. The number of imidazole rings is 2. The lowest BCUT2D eigenvalue weighted by Gasteiger charge is -2.10. The Hall–Kier alpha value is -3.23. The first-order valence-electron chi connectivity index (χ1n) is 8.81. The number of hydrogen-bond donors (Lipinski definition) is 0. The van der Waals surface area contributed by atoms with Crippen LogP contribution in [0.4, 0.5) is 22.0 Å². The monoisotopic (exact) mass is 406 g/mol. The Balaban J connectivity index is 1.78. The summed E-state index contributed by atoms with van der Waals surface area (Å²) in [5.74, 6) is -0.542. The quantitative estimate of drug-likeness (QED) is 0.433. The van der Waals surface area contributed by atoms with Gasteiger partial charge in [0.25, 0.3) is 0 Å². The molecule has 2 aromatic carbocycles. The number of alkyl halides is 3. The molecule has 0 aliphatic carbocycles. The van der Waals surface area contributed by atoms with Crippen LogP contribution in [0.1, 0.15) is 18.3 Å². The highest BCUT2D eigenvalue weighted by molar-refractivity contribution is 5.77. The van der Waals surface area contributed by atoms with Crippen LogP contribution in [-0.4, -0.2) is 19.1 Å². The van der Waals surface area contributed by atoms with E-state index < -0.39 is 23.4 Å². The molecule has 0 spiro atoms. The SMILES string of the molecule is CCn1c(Cn2ccnc2-c2cc(F)ccc2F)nc2cc(C(F)(F)F)ccc21. The highest BCUT2D eigenvalue weighted by Gasteiger charge is 2.31. The Morgan fingerprint density at radius 3 is 2.55 bits per heavy atom. The summed E-state index contributed by atoms with van der Waals surface area (Å²) in [4.78, 5) is 8.46. The maximum atomic E-state index is 14.2. The van der Waals surface area contributed by atoms with Gasteiger partial charge in [-0.05, 0) is 43.3 Å². The van der Waals surface area contributed by atoms with Gasteiger partial charge in [0.2, 0.25) is 0 Å². The van der Waals surface area contributed by atoms with E-state index in [2.05, 4.69) is 9.97 Å². The summed E-state index contributed by atoms with van der Waals surface area (Å²) < 4.78 is 70.1. The van der Waals surface area contributed by atoms with Crippen LogP contribution in [0, 0.1) is 11.6 Å². The average molecular weight is 406 g/mol. The molecular formula is C20H15F5N4. The van der Waals surface area contributed by atoms with E-state index in [0.29, 0.717) is 17.9 Å². The molecule has 0 aliphatic rings. The lowest BCUT2D eigenvalue weighted by Crippen LogP contribution is -2.09. The molecule has 2 heterocycles. The van der Waals surface area contributed by atoms with E-state index in [-0.39, 0.29) is 23.4 Å². The van der Waals surface area contributed by atoms with Gasteiger partial charge in [0.05, 0.1) is 28.7 Å². The molecule has 0 N–H and O–H groups in total. The van der Waals surface area contributed by atoms with E-state index in [1.807, 2.05) is 6.92 Å². The second-order valence-corrected chi connectivity index (χ2v) is 6.48. The summed E-state index contributed by atoms with van der Waals surface area (Å²) >= 11 is 0. The van der Waals surface area contributed by atoms with Crippen molar-refractivity contribution >= 4 is 11.0 Å². The number of rotatable bonds is 4. The minimum absolute atomic E-state index is 0.00600. The zero-order valence-electron chi connectivity index (χ0n) is 15.2. The predicted molar refractivity (Wildman–Crippen MR) is 97.1 cm³/mol. The van der Waals surface area contributed by atoms with Gasteiger partial charge in [-0.2, -0.15) is 13.2 Å². The van der Waals surface area contributed by atoms with Gasteiger partial charge in [0.1, 0.15) is 23.3 Å². The maximum absolute atomic E-state index is 14.2. The van der Waals surface area contributed by atoms with Crippen LogP contribution < -0.4 is 0 Å². The largest absolute Gasteiger partial charge is 0.416 e. The number of benzene rings is 2. The van der Waals surface area contributed by atoms with Crippen molar-refractivity contribution < 1.29 is 22.0 Å². The van der Waals surface area contributed by atoms with Crippen molar-refractivity contribution in [3.63, 3.8) is 0 Å². The lowest BCUT2D eigenvalue weighted by molar-refractivity contribution is -0.137. The van der Waals surface area contributed by atoms with Crippen molar-refractivity contribution in [2.45, 2.75) is 26.2 Å². The third kappa shape index (κ3) is 3.48. The fraction of sp³-hybridized carbons (Fsp3) is 0.200. The first kappa shape index (κ1) is 19.1. The molecule has 4 rings (SSSR count). The van der Waals surface area contributed by atoms with Crippen molar-refractivity contribution in [2.24, 2.45) is 0 Å². The van der Waals surface area contributed by atoms with Crippen LogP contribution >= 0.6 is 0 Å². The Labute approximate surface area is 162 Å². The highest BCUT2D eigenvalue weighted by Crippen LogP contribution is 2.32. The van der Waals surface area contributed by atoms with Gasteiger partial charge >= 0.3 is 6.18 Å². The van der Waals surface area contributed by atoms with Gasteiger partial charge in [-0.25, -0.2) is 18.7 Å². The fourth-order valence-corrected chi connectivity index (χ4v) is 3.33. The Kier molecular flexibility index (Phi) is 4.60. The van der Waals surface area contributed by atoms with Gasteiger partial charge in [0, 0.05) is 18.9 Å². The third-order valence-corrected chi connectivity index (χ3v) is 4.67. The lowest BCUT2D eigenvalue weighted by atomic mass is 10.2. The maximum Gasteiger partial charge on any atom is 0.416 e. The molecule has 0 amide bonds. The van der Waals surface area contributed by atoms with Gasteiger partial charge in [-0.3, -0.25) is 0 Å². The predicted octanol–water partition coefficient (Wildman–Crippen LogP) is 5.27. The van der Waals surface area contributed by atoms with Crippen LogP contribution in [0.25, 0.3) is 22.4 Å². The summed E-state index contributed by atoms with van der Waals surface area (Å²) in [6.45, 7) is 2.47. The van der Waals surface area contributed by atoms with Crippen LogP contribution in [0.2, 0.25) is 0 Å². The molecule has 0 saturated carbocycles. The number of aromatic nitrogens is 4. The number of aryl methyl sites for hydroxylation is 1. The zero-order chi connectivity index (χ0) is 20.8. The highest BCUT2D eigenvalue weighted by atomic mass is 19.4. The number of nitrogens with zero attached hydrogens (tertiary/aromatic N) is 4. The van der Waals surface area contributed by atoms with E-state index in [0.717, 1.165) is 30.3 Å². The van der Waals surface area contributed by atoms with Crippen LogP contribution in [0.15, 0.2) is 48.8 Å². The van der Waals surface area contributed by atoms with Crippen molar-refractivity contribution in [2.75, 3.05) is 0 Å². The van der Waals surface area contributed by atoms with E-state index in [4.69, 9.17) is 0 Å². The first-order chi connectivity index (χ1) is 13.8. The molecule has 9 heteroatoms.